The van der Waals surface area contributed by atoms with E-state index in [4.69, 9.17) is 10.6 Å². The van der Waals surface area contributed by atoms with E-state index in [1.54, 1.807) is 0 Å². The van der Waals surface area contributed by atoms with Crippen molar-refractivity contribution >= 4 is 5.91 Å². The second-order valence-corrected chi connectivity index (χ2v) is 3.74. The third kappa shape index (κ3) is 3.55. The molecule has 3 N–H and O–H groups in total. The largest absolute Gasteiger partial charge is 0.493 e. The molecule has 0 radical (unpaired) electrons. The molecule has 0 saturated heterocycles. The topological polar surface area (TPSA) is 64.3 Å². The molecule has 0 aliphatic carbocycles. The summed E-state index contributed by atoms with van der Waals surface area (Å²) in [4.78, 5) is 10.9. The van der Waals surface area contributed by atoms with Crippen LogP contribution >= 0.6 is 0 Å². The van der Waals surface area contributed by atoms with Crippen molar-refractivity contribution in [1.82, 2.24) is 5.43 Å². The number of hydrazine groups is 1. The number of benzene rings is 1. The van der Waals surface area contributed by atoms with Crippen LogP contribution in [0.4, 0.5) is 0 Å². The summed E-state index contributed by atoms with van der Waals surface area (Å²) in [5, 5.41) is 0. The van der Waals surface area contributed by atoms with Gasteiger partial charge in [-0.15, -0.1) is 0 Å². The lowest BCUT2D eigenvalue weighted by Crippen LogP contribution is -2.30. The lowest BCUT2D eigenvalue weighted by atomic mass is 10.1. The quantitative estimate of drug-likeness (QED) is 0.343. The van der Waals surface area contributed by atoms with E-state index in [9.17, 15) is 4.79 Å². The van der Waals surface area contributed by atoms with Crippen LogP contribution < -0.4 is 16.0 Å². The molecule has 4 heteroatoms. The first-order valence-electron chi connectivity index (χ1n) is 5.33. The third-order valence-corrected chi connectivity index (χ3v) is 2.36. The third-order valence-electron chi connectivity index (χ3n) is 2.36. The number of amides is 1. The Kier molecular flexibility index (Phi) is 4.79. The summed E-state index contributed by atoms with van der Waals surface area (Å²) >= 11 is 0. The van der Waals surface area contributed by atoms with Gasteiger partial charge in [0.15, 0.2) is 0 Å². The summed E-state index contributed by atoms with van der Waals surface area (Å²) in [5.74, 6) is 5.72. The molecule has 88 valence electrons. The fourth-order valence-corrected chi connectivity index (χ4v) is 1.51. The van der Waals surface area contributed by atoms with Crippen molar-refractivity contribution in [3.63, 3.8) is 0 Å². The van der Waals surface area contributed by atoms with E-state index in [0.717, 1.165) is 16.9 Å². The summed E-state index contributed by atoms with van der Waals surface area (Å²) in [6, 6.07) is 6.02. The van der Waals surface area contributed by atoms with Gasteiger partial charge in [0.25, 0.3) is 0 Å². The van der Waals surface area contributed by atoms with Crippen LogP contribution in [-0.2, 0) is 4.79 Å². The molecule has 0 aliphatic rings. The molecule has 0 unspecified atom stereocenters. The molecule has 0 bridgehead atoms. The predicted octanol–water partition coefficient (Wildman–Crippen LogP) is 1.45. The van der Waals surface area contributed by atoms with E-state index in [0.29, 0.717) is 19.4 Å². The van der Waals surface area contributed by atoms with Gasteiger partial charge in [-0.3, -0.25) is 10.2 Å². The Morgan fingerprint density at radius 1 is 1.38 bits per heavy atom. The first kappa shape index (κ1) is 12.5. The molecule has 4 nitrogen and oxygen atoms in total. The van der Waals surface area contributed by atoms with Gasteiger partial charge >= 0.3 is 0 Å². The molecule has 1 rings (SSSR count). The number of carbonyl (C=O) groups excluding carboxylic acids is 1. The van der Waals surface area contributed by atoms with Crippen molar-refractivity contribution in [2.75, 3.05) is 6.61 Å². The lowest BCUT2D eigenvalue weighted by molar-refractivity contribution is -0.121. The van der Waals surface area contributed by atoms with Crippen LogP contribution in [0.5, 0.6) is 5.75 Å². The number of carbonyl (C=O) groups is 1. The van der Waals surface area contributed by atoms with Gasteiger partial charge in [-0.1, -0.05) is 18.2 Å². The zero-order chi connectivity index (χ0) is 12.0. The number of para-hydroxylation sites is 1. The Balaban J connectivity index is 2.40. The Labute approximate surface area is 95.8 Å². The Morgan fingerprint density at radius 3 is 2.56 bits per heavy atom. The van der Waals surface area contributed by atoms with Gasteiger partial charge in [0.1, 0.15) is 5.75 Å². The molecule has 16 heavy (non-hydrogen) atoms. The summed E-state index contributed by atoms with van der Waals surface area (Å²) in [6.45, 7) is 4.54. The van der Waals surface area contributed by atoms with Crippen molar-refractivity contribution < 1.29 is 9.53 Å². The standard InChI is InChI=1S/C12H18N2O2/c1-9-5-3-6-10(2)12(9)16-8-4-7-11(15)14-13/h3,5-6H,4,7-8,13H2,1-2H3,(H,14,15). The Hall–Kier alpha value is -1.55. The minimum absolute atomic E-state index is 0.162. The SMILES string of the molecule is Cc1cccc(C)c1OCCCC(=O)NN. The van der Waals surface area contributed by atoms with Crippen LogP contribution in [-0.4, -0.2) is 12.5 Å². The molecule has 1 amide bonds. The highest BCUT2D eigenvalue weighted by molar-refractivity contribution is 5.75. The zero-order valence-corrected chi connectivity index (χ0v) is 9.75. The van der Waals surface area contributed by atoms with Gasteiger partial charge in [0, 0.05) is 6.42 Å². The van der Waals surface area contributed by atoms with Gasteiger partial charge in [0.05, 0.1) is 6.61 Å². The number of hydrogen-bond donors (Lipinski definition) is 2. The summed E-state index contributed by atoms with van der Waals surface area (Å²) in [7, 11) is 0. The van der Waals surface area contributed by atoms with Crippen molar-refractivity contribution in [2.45, 2.75) is 26.7 Å². The molecule has 0 spiro atoms. The number of nitrogens with one attached hydrogen (secondary N) is 1. The van der Waals surface area contributed by atoms with Crippen molar-refractivity contribution in [3.8, 4) is 5.75 Å². The number of hydrogen-bond acceptors (Lipinski definition) is 3. The van der Waals surface area contributed by atoms with Crippen LogP contribution in [0.2, 0.25) is 0 Å². The van der Waals surface area contributed by atoms with Crippen LogP contribution in [0.1, 0.15) is 24.0 Å². The number of nitrogens with two attached hydrogens (primary N) is 1. The average Bonchev–Trinajstić information content (AvgIpc) is 2.27. The molecule has 0 fully saturated rings. The summed E-state index contributed by atoms with van der Waals surface area (Å²) in [6.07, 6.45) is 1.05. The zero-order valence-electron chi connectivity index (χ0n) is 9.75. The Bertz CT molecular complexity index is 344. The molecule has 1 aromatic carbocycles. The number of ether oxygens (including phenoxy) is 1. The van der Waals surface area contributed by atoms with Crippen LogP contribution in [0, 0.1) is 13.8 Å². The Morgan fingerprint density at radius 2 is 2.00 bits per heavy atom. The maximum Gasteiger partial charge on any atom is 0.234 e. The summed E-state index contributed by atoms with van der Waals surface area (Å²) in [5.41, 5.74) is 4.32. The molecule has 0 atom stereocenters. The van der Waals surface area contributed by atoms with Crippen LogP contribution in [0.15, 0.2) is 18.2 Å². The van der Waals surface area contributed by atoms with E-state index >= 15 is 0 Å². The van der Waals surface area contributed by atoms with E-state index < -0.39 is 0 Å². The second-order valence-electron chi connectivity index (χ2n) is 3.74. The minimum Gasteiger partial charge on any atom is -0.493 e. The molecular weight excluding hydrogens is 204 g/mol. The van der Waals surface area contributed by atoms with Crippen molar-refractivity contribution in [3.05, 3.63) is 29.3 Å². The first-order chi connectivity index (χ1) is 7.65. The highest BCUT2D eigenvalue weighted by Crippen LogP contribution is 2.22. The van der Waals surface area contributed by atoms with E-state index in [1.165, 1.54) is 0 Å². The molecule has 0 aromatic heterocycles. The van der Waals surface area contributed by atoms with Gasteiger partial charge in [-0.05, 0) is 31.4 Å². The second kappa shape index (κ2) is 6.12. The lowest BCUT2D eigenvalue weighted by Gasteiger charge is -2.11. The average molecular weight is 222 g/mol. The van der Waals surface area contributed by atoms with Gasteiger partial charge < -0.3 is 4.74 Å². The van der Waals surface area contributed by atoms with Crippen molar-refractivity contribution in [2.24, 2.45) is 5.84 Å². The molecule has 0 heterocycles. The number of aryl methyl sites for hydroxylation is 2. The van der Waals surface area contributed by atoms with Gasteiger partial charge in [-0.25, -0.2) is 5.84 Å². The fraction of sp³-hybridized carbons (Fsp3) is 0.417. The highest BCUT2D eigenvalue weighted by atomic mass is 16.5. The van der Waals surface area contributed by atoms with Crippen LogP contribution in [0.3, 0.4) is 0 Å². The normalized spacial score (nSPS) is 9.94. The number of rotatable bonds is 5. The van der Waals surface area contributed by atoms with E-state index in [2.05, 4.69) is 5.43 Å². The van der Waals surface area contributed by atoms with Crippen molar-refractivity contribution in [1.29, 1.82) is 0 Å². The van der Waals surface area contributed by atoms with Crippen LogP contribution in [0.25, 0.3) is 0 Å². The maximum absolute atomic E-state index is 10.9. The van der Waals surface area contributed by atoms with E-state index in [-0.39, 0.29) is 5.91 Å². The fourth-order valence-electron chi connectivity index (χ4n) is 1.51. The highest BCUT2D eigenvalue weighted by Gasteiger charge is 2.03. The predicted molar refractivity (Wildman–Crippen MR) is 63.0 cm³/mol. The molecule has 1 aromatic rings. The van der Waals surface area contributed by atoms with Gasteiger partial charge in [-0.2, -0.15) is 0 Å². The maximum atomic E-state index is 10.9. The molecular formula is C12H18N2O2. The molecule has 0 aliphatic heterocycles. The van der Waals surface area contributed by atoms with E-state index in [1.807, 2.05) is 32.0 Å². The molecule has 0 saturated carbocycles. The minimum atomic E-state index is -0.162. The first-order valence-corrected chi connectivity index (χ1v) is 5.33. The monoisotopic (exact) mass is 222 g/mol. The smallest absolute Gasteiger partial charge is 0.234 e. The summed E-state index contributed by atoms with van der Waals surface area (Å²) < 4.78 is 5.64. The van der Waals surface area contributed by atoms with Gasteiger partial charge in [0.2, 0.25) is 5.91 Å².